The van der Waals surface area contributed by atoms with Gasteiger partial charge in [-0.3, -0.25) is 9.58 Å². The van der Waals surface area contributed by atoms with Crippen LogP contribution in [0.25, 0.3) is 10.9 Å². The molecule has 1 atom stereocenters. The van der Waals surface area contributed by atoms with Gasteiger partial charge in [0.2, 0.25) is 0 Å². The first-order valence-electron chi connectivity index (χ1n) is 8.75. The zero-order chi connectivity index (χ0) is 16.4. The molecule has 1 saturated heterocycles. The Morgan fingerprint density at radius 3 is 3.12 bits per heavy atom. The third kappa shape index (κ3) is 3.09. The molecule has 1 unspecified atom stereocenters. The second kappa shape index (κ2) is 6.79. The number of hydrogen-bond donors (Lipinski definition) is 2. The predicted molar refractivity (Wildman–Crippen MR) is 94.9 cm³/mol. The van der Waals surface area contributed by atoms with Crippen LogP contribution in [-0.4, -0.2) is 44.5 Å². The van der Waals surface area contributed by atoms with E-state index >= 15 is 0 Å². The van der Waals surface area contributed by atoms with Gasteiger partial charge in [0.1, 0.15) is 0 Å². The van der Waals surface area contributed by atoms with Crippen molar-refractivity contribution in [3.63, 3.8) is 0 Å². The topological polar surface area (TPSA) is 57.1 Å². The van der Waals surface area contributed by atoms with Crippen LogP contribution in [0.1, 0.15) is 30.0 Å². The van der Waals surface area contributed by atoms with E-state index in [9.17, 15) is 0 Å². The number of benzene rings is 1. The van der Waals surface area contributed by atoms with Crippen molar-refractivity contribution in [2.75, 3.05) is 19.7 Å². The maximum Gasteiger partial charge on any atom is 0.0668 e. The van der Waals surface area contributed by atoms with Gasteiger partial charge in [0.25, 0.3) is 0 Å². The monoisotopic (exact) mass is 324 g/mol. The summed E-state index contributed by atoms with van der Waals surface area (Å²) in [4.78, 5) is 5.91. The van der Waals surface area contributed by atoms with E-state index in [0.717, 1.165) is 25.3 Å². The van der Waals surface area contributed by atoms with E-state index in [2.05, 4.69) is 45.3 Å². The first kappa shape index (κ1) is 15.4. The van der Waals surface area contributed by atoms with Crippen LogP contribution in [0.15, 0.2) is 42.7 Å². The molecule has 4 rings (SSSR count). The normalized spacial score (nSPS) is 19.1. The van der Waals surface area contributed by atoms with Crippen molar-refractivity contribution in [3.05, 3.63) is 54.0 Å². The number of nitrogens with one attached hydrogen (secondary N) is 1. The van der Waals surface area contributed by atoms with Gasteiger partial charge in [0.05, 0.1) is 18.8 Å². The number of fused-ring (bicyclic) bond motifs is 1. The zero-order valence-electron chi connectivity index (χ0n) is 13.9. The molecule has 1 aromatic carbocycles. The van der Waals surface area contributed by atoms with E-state index in [4.69, 9.17) is 5.11 Å². The fourth-order valence-electron chi connectivity index (χ4n) is 3.79. The summed E-state index contributed by atoms with van der Waals surface area (Å²) in [6, 6.07) is 10.8. The van der Waals surface area contributed by atoms with Crippen molar-refractivity contribution in [2.24, 2.45) is 0 Å². The SMILES string of the molecule is OCCn1ccc(C2CCCN(Cc3cccc4cc[nH]c34)C2)n1. The van der Waals surface area contributed by atoms with Crippen LogP contribution in [-0.2, 0) is 13.1 Å². The molecule has 0 saturated carbocycles. The van der Waals surface area contributed by atoms with Crippen molar-refractivity contribution in [1.82, 2.24) is 19.7 Å². The molecular weight excluding hydrogens is 300 g/mol. The molecule has 3 heterocycles. The van der Waals surface area contributed by atoms with E-state index in [1.54, 1.807) is 0 Å². The Labute approximate surface area is 141 Å². The van der Waals surface area contributed by atoms with Gasteiger partial charge in [-0.1, -0.05) is 18.2 Å². The van der Waals surface area contributed by atoms with E-state index in [1.165, 1.54) is 29.3 Å². The number of para-hydroxylation sites is 1. The molecule has 1 aliphatic rings. The van der Waals surface area contributed by atoms with Gasteiger partial charge in [-0.15, -0.1) is 0 Å². The molecule has 1 aliphatic heterocycles. The number of aliphatic hydroxyl groups excluding tert-OH is 1. The van der Waals surface area contributed by atoms with Gasteiger partial charge in [-0.25, -0.2) is 0 Å². The summed E-state index contributed by atoms with van der Waals surface area (Å²) in [6.07, 6.45) is 6.39. The van der Waals surface area contributed by atoms with Crippen LogP contribution in [0.4, 0.5) is 0 Å². The van der Waals surface area contributed by atoms with Crippen LogP contribution in [0, 0.1) is 0 Å². The third-order valence-electron chi connectivity index (χ3n) is 4.98. The summed E-state index contributed by atoms with van der Waals surface area (Å²) >= 11 is 0. The maximum atomic E-state index is 9.04. The van der Waals surface area contributed by atoms with Crippen molar-refractivity contribution < 1.29 is 5.11 Å². The number of rotatable bonds is 5. The molecule has 3 aromatic rings. The van der Waals surface area contributed by atoms with Crippen LogP contribution in [0.2, 0.25) is 0 Å². The lowest BCUT2D eigenvalue weighted by atomic mass is 9.94. The van der Waals surface area contributed by atoms with E-state index in [1.807, 2.05) is 17.1 Å². The lowest BCUT2D eigenvalue weighted by Crippen LogP contribution is -2.34. The summed E-state index contributed by atoms with van der Waals surface area (Å²) in [5, 5.41) is 15.0. The molecule has 0 amide bonds. The molecule has 5 heteroatoms. The van der Waals surface area contributed by atoms with Gasteiger partial charge in [0, 0.05) is 36.9 Å². The van der Waals surface area contributed by atoms with Crippen LogP contribution in [0.3, 0.4) is 0 Å². The van der Waals surface area contributed by atoms with Gasteiger partial charge < -0.3 is 10.1 Å². The highest BCUT2D eigenvalue weighted by Gasteiger charge is 2.23. The molecule has 126 valence electrons. The Kier molecular flexibility index (Phi) is 4.36. The minimum Gasteiger partial charge on any atom is -0.394 e. The Balaban J connectivity index is 1.47. The average molecular weight is 324 g/mol. The summed E-state index contributed by atoms with van der Waals surface area (Å²) in [6.45, 7) is 3.88. The number of piperidine rings is 1. The smallest absolute Gasteiger partial charge is 0.0668 e. The molecule has 1 fully saturated rings. The molecule has 0 radical (unpaired) electrons. The number of nitrogens with zero attached hydrogens (tertiary/aromatic N) is 3. The highest BCUT2D eigenvalue weighted by atomic mass is 16.3. The minimum atomic E-state index is 0.137. The second-order valence-electron chi connectivity index (χ2n) is 6.66. The molecule has 5 nitrogen and oxygen atoms in total. The summed E-state index contributed by atoms with van der Waals surface area (Å²) in [5.74, 6) is 0.488. The number of likely N-dealkylation sites (tertiary alicyclic amines) is 1. The van der Waals surface area contributed by atoms with Crippen LogP contribution >= 0.6 is 0 Å². The molecule has 0 bridgehead atoms. The molecule has 2 N–H and O–H groups in total. The Morgan fingerprint density at radius 1 is 1.25 bits per heavy atom. The van der Waals surface area contributed by atoms with Gasteiger partial charge in [-0.05, 0) is 42.5 Å². The number of aliphatic hydroxyl groups is 1. The highest BCUT2D eigenvalue weighted by Crippen LogP contribution is 2.27. The fourth-order valence-corrected chi connectivity index (χ4v) is 3.79. The minimum absolute atomic E-state index is 0.137. The quantitative estimate of drug-likeness (QED) is 0.759. The van der Waals surface area contributed by atoms with E-state index in [-0.39, 0.29) is 6.61 Å². The standard InChI is InChI=1S/C19H24N4O/c24-12-11-23-10-7-18(21-23)16-5-2-9-22(13-16)14-17-4-1-3-15-6-8-20-19(15)17/h1,3-4,6-8,10,16,20,24H,2,5,9,11-14H2. The molecular formula is C19H24N4O. The van der Waals surface area contributed by atoms with Crippen molar-refractivity contribution in [3.8, 4) is 0 Å². The lowest BCUT2D eigenvalue weighted by Gasteiger charge is -2.32. The summed E-state index contributed by atoms with van der Waals surface area (Å²) < 4.78 is 1.84. The number of hydrogen-bond acceptors (Lipinski definition) is 3. The van der Waals surface area contributed by atoms with Gasteiger partial charge in [0.15, 0.2) is 0 Å². The molecule has 2 aromatic heterocycles. The van der Waals surface area contributed by atoms with Crippen molar-refractivity contribution >= 4 is 10.9 Å². The molecule has 24 heavy (non-hydrogen) atoms. The first-order chi connectivity index (χ1) is 11.8. The number of aromatic amines is 1. The van der Waals surface area contributed by atoms with Gasteiger partial charge in [-0.2, -0.15) is 5.10 Å². The number of aromatic nitrogens is 3. The lowest BCUT2D eigenvalue weighted by molar-refractivity contribution is 0.198. The van der Waals surface area contributed by atoms with Crippen molar-refractivity contribution in [2.45, 2.75) is 31.8 Å². The third-order valence-corrected chi connectivity index (χ3v) is 4.98. The summed E-state index contributed by atoms with van der Waals surface area (Å²) in [7, 11) is 0. The Morgan fingerprint density at radius 2 is 2.21 bits per heavy atom. The average Bonchev–Trinajstić information content (AvgIpc) is 3.25. The Bertz CT molecular complexity index is 806. The van der Waals surface area contributed by atoms with Crippen LogP contribution < -0.4 is 0 Å². The largest absolute Gasteiger partial charge is 0.394 e. The predicted octanol–water partition coefficient (Wildman–Crippen LogP) is 2.74. The Hall–Kier alpha value is -2.11. The van der Waals surface area contributed by atoms with Gasteiger partial charge >= 0.3 is 0 Å². The van der Waals surface area contributed by atoms with E-state index < -0.39 is 0 Å². The fraction of sp³-hybridized carbons (Fsp3) is 0.421. The van der Waals surface area contributed by atoms with Crippen LogP contribution in [0.5, 0.6) is 0 Å². The molecule has 0 aliphatic carbocycles. The highest BCUT2D eigenvalue weighted by molar-refractivity contribution is 5.82. The first-order valence-corrected chi connectivity index (χ1v) is 8.75. The van der Waals surface area contributed by atoms with Crippen molar-refractivity contribution in [1.29, 1.82) is 0 Å². The second-order valence-corrected chi connectivity index (χ2v) is 6.66. The number of H-pyrrole nitrogens is 1. The molecule has 0 spiro atoms. The van der Waals surface area contributed by atoms with E-state index in [0.29, 0.717) is 12.5 Å². The summed E-state index contributed by atoms with van der Waals surface area (Å²) in [5.41, 5.74) is 3.78. The zero-order valence-corrected chi connectivity index (χ0v) is 13.9. The maximum absolute atomic E-state index is 9.04.